The summed E-state index contributed by atoms with van der Waals surface area (Å²) in [6, 6.07) is 14.8. The summed E-state index contributed by atoms with van der Waals surface area (Å²) in [6.07, 6.45) is 0.718. The van der Waals surface area contributed by atoms with Crippen LogP contribution in [0.3, 0.4) is 0 Å². The SMILES string of the molecule is CC[C@@H](c1cccc(OC)c1)[C@@H](C(=O)O)c1ccc(OC)cc1. The van der Waals surface area contributed by atoms with E-state index in [2.05, 4.69) is 0 Å². The van der Waals surface area contributed by atoms with Gasteiger partial charge in [-0.15, -0.1) is 0 Å². The van der Waals surface area contributed by atoms with Crippen LogP contribution in [0.25, 0.3) is 0 Å². The number of aliphatic carboxylic acids is 1. The molecule has 2 aromatic rings. The van der Waals surface area contributed by atoms with Crippen LogP contribution in [0.2, 0.25) is 0 Å². The molecule has 0 aromatic heterocycles. The van der Waals surface area contributed by atoms with Crippen LogP contribution >= 0.6 is 0 Å². The van der Waals surface area contributed by atoms with Gasteiger partial charge in [-0.2, -0.15) is 0 Å². The predicted molar refractivity (Wildman–Crippen MR) is 89.4 cm³/mol. The van der Waals surface area contributed by atoms with E-state index in [-0.39, 0.29) is 5.92 Å². The van der Waals surface area contributed by atoms with E-state index < -0.39 is 11.9 Å². The first-order valence-electron chi connectivity index (χ1n) is 7.61. The number of methoxy groups -OCH3 is 2. The zero-order chi connectivity index (χ0) is 16.8. The Kier molecular flexibility index (Phi) is 5.63. The Hall–Kier alpha value is -2.49. The molecule has 0 bridgehead atoms. The highest BCUT2D eigenvalue weighted by molar-refractivity contribution is 5.77. The third-order valence-corrected chi connectivity index (χ3v) is 4.11. The fourth-order valence-electron chi connectivity index (χ4n) is 2.89. The zero-order valence-corrected chi connectivity index (χ0v) is 13.7. The number of rotatable bonds is 7. The summed E-state index contributed by atoms with van der Waals surface area (Å²) in [5.41, 5.74) is 1.74. The van der Waals surface area contributed by atoms with E-state index in [4.69, 9.17) is 9.47 Å². The molecule has 0 fully saturated rings. The van der Waals surface area contributed by atoms with Crippen LogP contribution in [-0.2, 0) is 4.79 Å². The maximum Gasteiger partial charge on any atom is 0.311 e. The van der Waals surface area contributed by atoms with Crippen molar-refractivity contribution < 1.29 is 19.4 Å². The lowest BCUT2D eigenvalue weighted by Crippen LogP contribution is -2.20. The van der Waals surface area contributed by atoms with Crippen molar-refractivity contribution in [3.63, 3.8) is 0 Å². The van der Waals surface area contributed by atoms with E-state index in [0.717, 1.165) is 23.3 Å². The highest BCUT2D eigenvalue weighted by atomic mass is 16.5. The van der Waals surface area contributed by atoms with Gasteiger partial charge in [0.1, 0.15) is 11.5 Å². The number of benzene rings is 2. The number of hydrogen-bond acceptors (Lipinski definition) is 3. The van der Waals surface area contributed by atoms with Gasteiger partial charge < -0.3 is 14.6 Å². The normalized spacial score (nSPS) is 13.2. The molecule has 2 rings (SSSR count). The second-order valence-corrected chi connectivity index (χ2v) is 5.38. The molecule has 4 heteroatoms. The first-order chi connectivity index (χ1) is 11.1. The third kappa shape index (κ3) is 3.83. The van der Waals surface area contributed by atoms with Crippen molar-refractivity contribution in [1.82, 2.24) is 0 Å². The fraction of sp³-hybridized carbons (Fsp3) is 0.316. The number of hydrogen-bond donors (Lipinski definition) is 1. The average molecular weight is 314 g/mol. The molecule has 0 aliphatic carbocycles. The summed E-state index contributed by atoms with van der Waals surface area (Å²) in [5, 5.41) is 9.78. The van der Waals surface area contributed by atoms with Crippen molar-refractivity contribution in [1.29, 1.82) is 0 Å². The summed E-state index contributed by atoms with van der Waals surface area (Å²) in [7, 11) is 3.20. The average Bonchev–Trinajstić information content (AvgIpc) is 2.59. The Morgan fingerprint density at radius 3 is 2.17 bits per heavy atom. The second-order valence-electron chi connectivity index (χ2n) is 5.38. The molecule has 23 heavy (non-hydrogen) atoms. The Morgan fingerprint density at radius 2 is 1.65 bits per heavy atom. The van der Waals surface area contributed by atoms with Gasteiger partial charge in [-0.05, 0) is 41.8 Å². The molecule has 4 nitrogen and oxygen atoms in total. The van der Waals surface area contributed by atoms with E-state index in [0.29, 0.717) is 5.75 Å². The predicted octanol–water partition coefficient (Wildman–Crippen LogP) is 4.07. The van der Waals surface area contributed by atoms with Crippen LogP contribution in [0.1, 0.15) is 36.3 Å². The summed E-state index contributed by atoms with van der Waals surface area (Å²) in [5.74, 6) is -0.119. The molecule has 0 spiro atoms. The molecule has 0 heterocycles. The summed E-state index contributed by atoms with van der Waals surface area (Å²) < 4.78 is 10.4. The number of carboxylic acid groups (broad SMARTS) is 1. The molecule has 0 saturated carbocycles. The standard InChI is InChI=1S/C19H22O4/c1-4-17(14-6-5-7-16(12-14)23-3)18(19(20)21)13-8-10-15(22-2)11-9-13/h5-12,17-18H,4H2,1-3H3,(H,20,21)/t17-,18-/m0/s1. The lowest BCUT2D eigenvalue weighted by molar-refractivity contribution is -0.139. The number of carboxylic acids is 1. The number of ether oxygens (including phenoxy) is 2. The lowest BCUT2D eigenvalue weighted by atomic mass is 9.80. The topological polar surface area (TPSA) is 55.8 Å². The van der Waals surface area contributed by atoms with Gasteiger partial charge in [0.2, 0.25) is 0 Å². The monoisotopic (exact) mass is 314 g/mol. The molecular formula is C19H22O4. The van der Waals surface area contributed by atoms with Gasteiger partial charge in [0, 0.05) is 5.92 Å². The molecule has 0 unspecified atom stereocenters. The molecule has 0 radical (unpaired) electrons. The molecule has 2 atom stereocenters. The minimum absolute atomic E-state index is 0.129. The van der Waals surface area contributed by atoms with Gasteiger partial charge in [0.15, 0.2) is 0 Å². The van der Waals surface area contributed by atoms with Crippen LogP contribution in [-0.4, -0.2) is 25.3 Å². The minimum atomic E-state index is -0.829. The van der Waals surface area contributed by atoms with Crippen molar-refractivity contribution in [3.05, 3.63) is 59.7 Å². The van der Waals surface area contributed by atoms with Gasteiger partial charge in [0.05, 0.1) is 20.1 Å². The van der Waals surface area contributed by atoms with Crippen molar-refractivity contribution in [2.45, 2.75) is 25.2 Å². The van der Waals surface area contributed by atoms with Crippen LogP contribution < -0.4 is 9.47 Å². The molecule has 1 N–H and O–H groups in total. The van der Waals surface area contributed by atoms with Crippen molar-refractivity contribution in [2.24, 2.45) is 0 Å². The van der Waals surface area contributed by atoms with E-state index >= 15 is 0 Å². The van der Waals surface area contributed by atoms with Crippen LogP contribution in [0.5, 0.6) is 11.5 Å². The summed E-state index contributed by atoms with van der Waals surface area (Å²) >= 11 is 0. The Labute approximate surface area is 136 Å². The first-order valence-corrected chi connectivity index (χ1v) is 7.61. The Morgan fingerprint density at radius 1 is 1.00 bits per heavy atom. The quantitative estimate of drug-likeness (QED) is 0.837. The summed E-state index contributed by atoms with van der Waals surface area (Å²) in [6.45, 7) is 2.00. The lowest BCUT2D eigenvalue weighted by Gasteiger charge is -2.24. The molecule has 0 saturated heterocycles. The zero-order valence-electron chi connectivity index (χ0n) is 13.7. The van der Waals surface area contributed by atoms with E-state index in [9.17, 15) is 9.90 Å². The smallest absolute Gasteiger partial charge is 0.311 e. The van der Waals surface area contributed by atoms with E-state index in [1.165, 1.54) is 0 Å². The van der Waals surface area contributed by atoms with Crippen molar-refractivity contribution >= 4 is 5.97 Å². The molecule has 0 amide bonds. The third-order valence-electron chi connectivity index (χ3n) is 4.11. The Balaban J connectivity index is 2.41. The fourth-order valence-corrected chi connectivity index (χ4v) is 2.89. The van der Waals surface area contributed by atoms with E-state index in [1.54, 1.807) is 26.4 Å². The molecule has 0 aliphatic heterocycles. The second kappa shape index (κ2) is 7.68. The largest absolute Gasteiger partial charge is 0.497 e. The minimum Gasteiger partial charge on any atom is -0.497 e. The van der Waals surface area contributed by atoms with Crippen LogP contribution in [0.15, 0.2) is 48.5 Å². The maximum absolute atomic E-state index is 11.9. The maximum atomic E-state index is 11.9. The Bertz CT molecular complexity index is 649. The van der Waals surface area contributed by atoms with Crippen molar-refractivity contribution in [3.8, 4) is 11.5 Å². The molecule has 2 aromatic carbocycles. The van der Waals surface area contributed by atoms with Crippen LogP contribution in [0.4, 0.5) is 0 Å². The van der Waals surface area contributed by atoms with Gasteiger partial charge in [0.25, 0.3) is 0 Å². The number of carbonyl (C=O) groups is 1. The van der Waals surface area contributed by atoms with E-state index in [1.807, 2.05) is 43.3 Å². The highest BCUT2D eigenvalue weighted by Gasteiger charge is 2.30. The molecule has 122 valence electrons. The highest BCUT2D eigenvalue weighted by Crippen LogP contribution is 2.37. The van der Waals surface area contributed by atoms with Crippen LogP contribution in [0, 0.1) is 0 Å². The molecular weight excluding hydrogens is 292 g/mol. The van der Waals surface area contributed by atoms with Crippen molar-refractivity contribution in [2.75, 3.05) is 14.2 Å². The summed E-state index contributed by atoms with van der Waals surface area (Å²) in [4.78, 5) is 11.9. The first kappa shape index (κ1) is 16.9. The van der Waals surface area contributed by atoms with Gasteiger partial charge in [-0.25, -0.2) is 0 Å². The molecule has 0 aliphatic rings. The van der Waals surface area contributed by atoms with Gasteiger partial charge in [-0.1, -0.05) is 31.2 Å². The van der Waals surface area contributed by atoms with Gasteiger partial charge >= 0.3 is 5.97 Å². The van der Waals surface area contributed by atoms with Gasteiger partial charge in [-0.3, -0.25) is 4.79 Å².